The fourth-order valence-electron chi connectivity index (χ4n) is 3.94. The van der Waals surface area contributed by atoms with E-state index < -0.39 is 0 Å². The Morgan fingerprint density at radius 2 is 1.73 bits per heavy atom. The molecule has 4 nitrogen and oxygen atoms in total. The molecule has 0 N–H and O–H groups in total. The van der Waals surface area contributed by atoms with Gasteiger partial charge in [0.05, 0.1) is 19.3 Å². The first-order valence-corrected chi connectivity index (χ1v) is 9.10. The van der Waals surface area contributed by atoms with Crippen molar-refractivity contribution in [2.24, 2.45) is 5.92 Å². The molecule has 26 heavy (non-hydrogen) atoms. The third kappa shape index (κ3) is 2.96. The average molecular weight is 349 g/mol. The fraction of sp³-hybridized carbons (Fsp3) is 0.318. The van der Waals surface area contributed by atoms with Crippen LogP contribution in [0.1, 0.15) is 12.5 Å². The monoisotopic (exact) mass is 349 g/mol. The molecule has 2 atom stereocenters. The summed E-state index contributed by atoms with van der Waals surface area (Å²) in [5.41, 5.74) is 1.26. The number of ether oxygens (including phenoxy) is 1. The molecule has 1 aliphatic rings. The molecule has 0 aliphatic carbocycles. The molecule has 1 aliphatic heterocycles. The Labute approximate surface area is 153 Å². The summed E-state index contributed by atoms with van der Waals surface area (Å²) in [4.78, 5) is 18.1. The van der Waals surface area contributed by atoms with Gasteiger partial charge in [0.15, 0.2) is 0 Å². The molecule has 1 fully saturated rings. The molecule has 1 saturated heterocycles. The third-order valence-corrected chi connectivity index (χ3v) is 5.27. The van der Waals surface area contributed by atoms with Crippen molar-refractivity contribution in [1.29, 1.82) is 0 Å². The maximum absolute atomic E-state index is 12.4. The zero-order chi connectivity index (χ0) is 18.1. The standard InChI is InChI=1S/C22H23NO3/c1-3-25-22(24)20-14-26-23(2)21(20)13-19-17-10-6-4-8-15(17)12-16-9-5-7-11-18(16)19/h4-12,20-21H,3,13-14H2,1-2H3. The predicted molar refractivity (Wildman–Crippen MR) is 103 cm³/mol. The van der Waals surface area contributed by atoms with Crippen molar-refractivity contribution < 1.29 is 14.4 Å². The normalized spacial score (nSPS) is 20.7. The number of benzene rings is 3. The number of likely N-dealkylation sites (N-methyl/N-ethyl adjacent to an activating group) is 1. The quantitative estimate of drug-likeness (QED) is 0.528. The summed E-state index contributed by atoms with van der Waals surface area (Å²) in [5.74, 6) is -0.441. The molecular formula is C22H23NO3. The Kier molecular flexibility index (Phi) is 4.62. The molecule has 1 heterocycles. The largest absolute Gasteiger partial charge is 0.466 e. The molecule has 0 spiro atoms. The van der Waals surface area contributed by atoms with E-state index in [0.29, 0.717) is 13.2 Å². The van der Waals surface area contributed by atoms with Crippen LogP contribution in [0.15, 0.2) is 54.6 Å². The van der Waals surface area contributed by atoms with Gasteiger partial charge >= 0.3 is 5.97 Å². The second-order valence-electron chi connectivity index (χ2n) is 6.77. The van der Waals surface area contributed by atoms with Crippen LogP contribution in [0.5, 0.6) is 0 Å². The van der Waals surface area contributed by atoms with E-state index in [-0.39, 0.29) is 17.9 Å². The Bertz CT molecular complexity index is 898. The van der Waals surface area contributed by atoms with Gasteiger partial charge in [-0.05, 0) is 46.5 Å². The second-order valence-corrected chi connectivity index (χ2v) is 6.77. The number of fused-ring (bicyclic) bond motifs is 2. The van der Waals surface area contributed by atoms with Gasteiger partial charge in [-0.3, -0.25) is 9.63 Å². The van der Waals surface area contributed by atoms with Crippen LogP contribution < -0.4 is 0 Å². The third-order valence-electron chi connectivity index (χ3n) is 5.27. The first-order chi connectivity index (χ1) is 12.7. The highest BCUT2D eigenvalue weighted by atomic mass is 16.7. The van der Waals surface area contributed by atoms with E-state index in [2.05, 4.69) is 54.6 Å². The van der Waals surface area contributed by atoms with Gasteiger partial charge in [0.1, 0.15) is 5.92 Å². The van der Waals surface area contributed by atoms with Crippen LogP contribution in [0.2, 0.25) is 0 Å². The van der Waals surface area contributed by atoms with E-state index in [1.807, 2.05) is 19.0 Å². The molecule has 2 unspecified atom stereocenters. The second kappa shape index (κ2) is 7.06. The lowest BCUT2D eigenvalue weighted by molar-refractivity contribution is -0.148. The molecule has 0 aromatic heterocycles. The molecule has 4 heteroatoms. The van der Waals surface area contributed by atoms with E-state index in [4.69, 9.17) is 9.57 Å². The summed E-state index contributed by atoms with van der Waals surface area (Å²) < 4.78 is 5.27. The van der Waals surface area contributed by atoms with E-state index in [0.717, 1.165) is 6.42 Å². The summed E-state index contributed by atoms with van der Waals surface area (Å²) in [6.45, 7) is 2.61. The van der Waals surface area contributed by atoms with Crippen molar-refractivity contribution in [3.63, 3.8) is 0 Å². The van der Waals surface area contributed by atoms with Crippen molar-refractivity contribution >= 4 is 27.5 Å². The summed E-state index contributed by atoms with van der Waals surface area (Å²) in [6.07, 6.45) is 0.738. The minimum atomic E-state index is -0.266. The van der Waals surface area contributed by atoms with E-state index in [1.54, 1.807) is 0 Å². The van der Waals surface area contributed by atoms with Crippen LogP contribution in [0.4, 0.5) is 0 Å². The van der Waals surface area contributed by atoms with Gasteiger partial charge in [-0.15, -0.1) is 0 Å². The lowest BCUT2D eigenvalue weighted by Gasteiger charge is -2.23. The molecule has 3 aromatic rings. The Morgan fingerprint density at radius 1 is 1.12 bits per heavy atom. The van der Waals surface area contributed by atoms with Gasteiger partial charge < -0.3 is 4.74 Å². The fourth-order valence-corrected chi connectivity index (χ4v) is 3.94. The number of hydroxylamine groups is 2. The number of esters is 1. The van der Waals surface area contributed by atoms with Gasteiger partial charge in [0.2, 0.25) is 0 Å². The molecular weight excluding hydrogens is 326 g/mol. The highest BCUT2D eigenvalue weighted by molar-refractivity contribution is 6.02. The first-order valence-electron chi connectivity index (χ1n) is 9.10. The zero-order valence-corrected chi connectivity index (χ0v) is 15.1. The van der Waals surface area contributed by atoms with Gasteiger partial charge in [-0.1, -0.05) is 48.5 Å². The molecule has 0 saturated carbocycles. The molecule has 0 amide bonds. The van der Waals surface area contributed by atoms with Gasteiger partial charge in [0.25, 0.3) is 0 Å². The van der Waals surface area contributed by atoms with E-state index in [1.165, 1.54) is 27.1 Å². The number of hydrogen-bond acceptors (Lipinski definition) is 4. The average Bonchev–Trinajstić information content (AvgIpc) is 3.02. The van der Waals surface area contributed by atoms with Crippen molar-refractivity contribution in [3.05, 3.63) is 60.2 Å². The SMILES string of the molecule is CCOC(=O)C1CON(C)C1Cc1c2ccccc2cc2ccccc12. The Hall–Kier alpha value is -2.43. The topological polar surface area (TPSA) is 38.8 Å². The zero-order valence-electron chi connectivity index (χ0n) is 15.1. The maximum atomic E-state index is 12.4. The van der Waals surface area contributed by atoms with Crippen LogP contribution in [0.25, 0.3) is 21.5 Å². The Balaban J connectivity index is 1.81. The molecule has 0 radical (unpaired) electrons. The van der Waals surface area contributed by atoms with Crippen LogP contribution >= 0.6 is 0 Å². The maximum Gasteiger partial charge on any atom is 0.313 e. The number of rotatable bonds is 4. The molecule has 3 aromatic carbocycles. The highest BCUT2D eigenvalue weighted by Crippen LogP contribution is 2.33. The van der Waals surface area contributed by atoms with Crippen molar-refractivity contribution in [3.8, 4) is 0 Å². The van der Waals surface area contributed by atoms with Crippen molar-refractivity contribution in [1.82, 2.24) is 5.06 Å². The predicted octanol–water partition coefficient (Wildman–Crippen LogP) is 3.96. The minimum Gasteiger partial charge on any atom is -0.466 e. The smallest absolute Gasteiger partial charge is 0.313 e. The number of carbonyl (C=O) groups is 1. The van der Waals surface area contributed by atoms with Gasteiger partial charge in [0, 0.05) is 7.05 Å². The molecule has 0 bridgehead atoms. The van der Waals surface area contributed by atoms with E-state index >= 15 is 0 Å². The highest BCUT2D eigenvalue weighted by Gasteiger charge is 2.39. The molecule has 134 valence electrons. The van der Waals surface area contributed by atoms with Crippen LogP contribution in [-0.4, -0.2) is 37.3 Å². The minimum absolute atomic E-state index is 0.0386. The van der Waals surface area contributed by atoms with Gasteiger partial charge in [-0.2, -0.15) is 5.06 Å². The number of nitrogens with zero attached hydrogens (tertiary/aromatic N) is 1. The summed E-state index contributed by atoms with van der Waals surface area (Å²) in [6, 6.07) is 19.1. The number of hydrogen-bond donors (Lipinski definition) is 0. The van der Waals surface area contributed by atoms with Crippen molar-refractivity contribution in [2.45, 2.75) is 19.4 Å². The lowest BCUT2D eigenvalue weighted by atomic mass is 9.88. The Morgan fingerprint density at radius 3 is 2.35 bits per heavy atom. The summed E-state index contributed by atoms with van der Waals surface area (Å²) >= 11 is 0. The van der Waals surface area contributed by atoms with Crippen molar-refractivity contribution in [2.75, 3.05) is 20.3 Å². The summed E-state index contributed by atoms with van der Waals surface area (Å²) in [7, 11) is 1.90. The lowest BCUT2D eigenvalue weighted by Crippen LogP contribution is -2.36. The van der Waals surface area contributed by atoms with E-state index in [9.17, 15) is 4.79 Å². The van der Waals surface area contributed by atoms with Crippen LogP contribution in [-0.2, 0) is 20.8 Å². The molecule has 4 rings (SSSR count). The van der Waals surface area contributed by atoms with Gasteiger partial charge in [-0.25, -0.2) is 0 Å². The first kappa shape index (κ1) is 17.0. The van der Waals surface area contributed by atoms with Crippen LogP contribution in [0.3, 0.4) is 0 Å². The summed E-state index contributed by atoms with van der Waals surface area (Å²) in [5, 5.41) is 6.71. The number of carbonyl (C=O) groups excluding carboxylic acids is 1. The van der Waals surface area contributed by atoms with Crippen LogP contribution in [0, 0.1) is 5.92 Å².